The summed E-state index contributed by atoms with van der Waals surface area (Å²) in [6, 6.07) is 11.1. The van der Waals surface area contributed by atoms with Gasteiger partial charge in [-0.3, -0.25) is 4.79 Å². The van der Waals surface area contributed by atoms with Crippen LogP contribution in [0.5, 0.6) is 17.2 Å². The summed E-state index contributed by atoms with van der Waals surface area (Å²) in [6.45, 7) is 7.44. The zero-order valence-electron chi connectivity index (χ0n) is 19.2. The lowest BCUT2D eigenvalue weighted by Gasteiger charge is -2.30. The molecular weight excluding hydrogens is 414 g/mol. The third-order valence-electron chi connectivity index (χ3n) is 5.44. The molecule has 1 aliphatic rings. The van der Waals surface area contributed by atoms with Gasteiger partial charge in [0.15, 0.2) is 17.3 Å². The van der Waals surface area contributed by atoms with Gasteiger partial charge in [0.05, 0.1) is 21.3 Å². The van der Waals surface area contributed by atoms with Gasteiger partial charge in [-0.15, -0.1) is 0 Å². The van der Waals surface area contributed by atoms with E-state index in [2.05, 4.69) is 11.8 Å². The lowest BCUT2D eigenvalue weighted by Crippen LogP contribution is -2.36. The molecule has 6 heteroatoms. The number of aryl methyl sites for hydroxylation is 1. The molecular formula is C25H34ClNO4. The van der Waals surface area contributed by atoms with Crippen LogP contribution in [-0.2, 0) is 0 Å². The van der Waals surface area contributed by atoms with Crippen molar-refractivity contribution in [3.63, 3.8) is 0 Å². The van der Waals surface area contributed by atoms with Crippen molar-refractivity contribution < 1.29 is 19.0 Å². The molecule has 0 saturated carbocycles. The third kappa shape index (κ3) is 7.15. The first-order valence-corrected chi connectivity index (χ1v) is 11.1. The molecule has 0 bridgehead atoms. The van der Waals surface area contributed by atoms with Gasteiger partial charge in [-0.25, -0.2) is 0 Å². The summed E-state index contributed by atoms with van der Waals surface area (Å²) in [5, 5.41) is 0.685. The molecule has 0 radical (unpaired) electrons. The van der Waals surface area contributed by atoms with E-state index in [0.29, 0.717) is 22.3 Å². The monoisotopic (exact) mass is 447 g/mol. The van der Waals surface area contributed by atoms with E-state index in [4.69, 9.17) is 25.8 Å². The molecule has 0 N–H and O–H groups in total. The number of carbonyl (C=O) groups is 1. The van der Waals surface area contributed by atoms with E-state index in [9.17, 15) is 4.79 Å². The number of ketones is 1. The minimum atomic E-state index is 0.194. The number of Topliss-reactive ketones (excluding diaryl/α,β-unsaturated/α-hetero) is 1. The van der Waals surface area contributed by atoms with Gasteiger partial charge >= 0.3 is 0 Å². The summed E-state index contributed by atoms with van der Waals surface area (Å²) >= 11 is 5.84. The number of hydrogen-bond donors (Lipinski definition) is 0. The van der Waals surface area contributed by atoms with Crippen LogP contribution >= 0.6 is 11.6 Å². The molecule has 0 spiro atoms. The Labute approximate surface area is 191 Å². The third-order valence-corrected chi connectivity index (χ3v) is 5.69. The standard InChI is InChI=1S/C15H20ClNO.C10H14O3/c1-2-9-17-10-7-13(8-11-17)15(18)12-3-5-14(16)6-4-12;1-7-5-8(11-2)10(13-4)9(6-7)12-3/h3-6,13H,2,7-11H2,1H3;5-6H,1-4H3. The first-order chi connectivity index (χ1) is 14.9. The molecule has 2 aromatic rings. The molecule has 0 aromatic heterocycles. The maximum Gasteiger partial charge on any atom is 0.203 e. The molecule has 0 amide bonds. The van der Waals surface area contributed by atoms with Crippen LogP contribution in [0.25, 0.3) is 0 Å². The molecule has 31 heavy (non-hydrogen) atoms. The minimum Gasteiger partial charge on any atom is -0.493 e. The van der Waals surface area contributed by atoms with E-state index in [0.717, 1.165) is 43.6 Å². The van der Waals surface area contributed by atoms with Crippen molar-refractivity contribution in [2.24, 2.45) is 5.92 Å². The molecule has 2 aromatic carbocycles. The van der Waals surface area contributed by atoms with Gasteiger partial charge in [-0.1, -0.05) is 18.5 Å². The Hall–Kier alpha value is -2.24. The summed E-state index contributed by atoms with van der Waals surface area (Å²) < 4.78 is 15.5. The summed E-state index contributed by atoms with van der Waals surface area (Å²) in [6.07, 6.45) is 3.17. The predicted molar refractivity (Wildman–Crippen MR) is 126 cm³/mol. The predicted octanol–water partition coefficient (Wildman–Crippen LogP) is 5.67. The fourth-order valence-electron chi connectivity index (χ4n) is 3.80. The zero-order valence-corrected chi connectivity index (χ0v) is 20.0. The van der Waals surface area contributed by atoms with Crippen LogP contribution in [0, 0.1) is 12.8 Å². The van der Waals surface area contributed by atoms with E-state index < -0.39 is 0 Å². The minimum absolute atomic E-state index is 0.194. The van der Waals surface area contributed by atoms with Crippen molar-refractivity contribution in [2.45, 2.75) is 33.1 Å². The summed E-state index contributed by atoms with van der Waals surface area (Å²) in [7, 11) is 4.81. The van der Waals surface area contributed by atoms with Gasteiger partial charge in [-0.05, 0) is 87.8 Å². The number of rotatable bonds is 7. The van der Waals surface area contributed by atoms with Crippen LogP contribution < -0.4 is 14.2 Å². The molecule has 1 fully saturated rings. The molecule has 3 rings (SSSR count). The van der Waals surface area contributed by atoms with Gasteiger partial charge in [0.25, 0.3) is 0 Å². The van der Waals surface area contributed by atoms with E-state index >= 15 is 0 Å². The fourth-order valence-corrected chi connectivity index (χ4v) is 3.92. The van der Waals surface area contributed by atoms with Crippen molar-refractivity contribution >= 4 is 17.4 Å². The average molecular weight is 448 g/mol. The molecule has 5 nitrogen and oxygen atoms in total. The van der Waals surface area contributed by atoms with Gasteiger partial charge < -0.3 is 19.1 Å². The number of halogens is 1. The maximum absolute atomic E-state index is 12.3. The lowest BCUT2D eigenvalue weighted by molar-refractivity contribution is 0.0840. The van der Waals surface area contributed by atoms with E-state index in [-0.39, 0.29) is 11.7 Å². The lowest BCUT2D eigenvalue weighted by atomic mass is 9.89. The van der Waals surface area contributed by atoms with Crippen LogP contribution in [0.2, 0.25) is 5.02 Å². The molecule has 1 heterocycles. The number of methoxy groups -OCH3 is 3. The largest absolute Gasteiger partial charge is 0.493 e. The fraction of sp³-hybridized carbons (Fsp3) is 0.480. The van der Waals surface area contributed by atoms with Crippen molar-refractivity contribution in [1.82, 2.24) is 4.90 Å². The second kappa shape index (κ2) is 12.6. The van der Waals surface area contributed by atoms with E-state index in [1.807, 2.05) is 31.2 Å². The highest BCUT2D eigenvalue weighted by atomic mass is 35.5. The Morgan fingerprint density at radius 2 is 1.55 bits per heavy atom. The molecule has 0 atom stereocenters. The van der Waals surface area contributed by atoms with Crippen molar-refractivity contribution in [2.75, 3.05) is 41.0 Å². The summed E-state index contributed by atoms with van der Waals surface area (Å²) in [4.78, 5) is 14.8. The van der Waals surface area contributed by atoms with E-state index in [1.54, 1.807) is 33.5 Å². The second-order valence-electron chi connectivity index (χ2n) is 7.69. The first-order valence-electron chi connectivity index (χ1n) is 10.7. The second-order valence-corrected chi connectivity index (χ2v) is 8.13. The quantitative estimate of drug-likeness (QED) is 0.512. The molecule has 0 aliphatic carbocycles. The van der Waals surface area contributed by atoms with Crippen LogP contribution in [-0.4, -0.2) is 51.6 Å². The number of likely N-dealkylation sites (tertiary alicyclic amines) is 1. The summed E-state index contributed by atoms with van der Waals surface area (Å²) in [5.74, 6) is 2.50. The number of ether oxygens (including phenoxy) is 3. The van der Waals surface area contributed by atoms with Crippen molar-refractivity contribution in [3.8, 4) is 17.2 Å². The van der Waals surface area contributed by atoms with Gasteiger partial charge in [0.2, 0.25) is 5.75 Å². The number of nitrogens with zero attached hydrogens (tertiary/aromatic N) is 1. The Bertz CT molecular complexity index is 805. The highest BCUT2D eigenvalue weighted by molar-refractivity contribution is 6.30. The average Bonchev–Trinajstić information content (AvgIpc) is 2.79. The van der Waals surface area contributed by atoms with Gasteiger partial charge in [0, 0.05) is 16.5 Å². The topological polar surface area (TPSA) is 48.0 Å². The highest BCUT2D eigenvalue weighted by Crippen LogP contribution is 2.37. The number of piperidine rings is 1. The normalized spacial score (nSPS) is 14.4. The Balaban J connectivity index is 0.000000233. The van der Waals surface area contributed by atoms with Crippen LogP contribution in [0.15, 0.2) is 36.4 Å². The number of benzene rings is 2. The Kier molecular flexibility index (Phi) is 10.2. The van der Waals surface area contributed by atoms with Gasteiger partial charge in [-0.2, -0.15) is 0 Å². The van der Waals surface area contributed by atoms with Crippen molar-refractivity contribution in [3.05, 3.63) is 52.5 Å². The number of hydrogen-bond acceptors (Lipinski definition) is 5. The Morgan fingerprint density at radius 3 is 2.00 bits per heavy atom. The molecule has 170 valence electrons. The van der Waals surface area contributed by atoms with Crippen LogP contribution in [0.4, 0.5) is 0 Å². The van der Waals surface area contributed by atoms with Crippen molar-refractivity contribution in [1.29, 1.82) is 0 Å². The molecule has 1 saturated heterocycles. The van der Waals surface area contributed by atoms with Crippen LogP contribution in [0.1, 0.15) is 42.1 Å². The Morgan fingerprint density at radius 1 is 1.00 bits per heavy atom. The smallest absolute Gasteiger partial charge is 0.203 e. The zero-order chi connectivity index (χ0) is 22.8. The van der Waals surface area contributed by atoms with Crippen LogP contribution in [0.3, 0.4) is 0 Å². The summed E-state index contributed by atoms with van der Waals surface area (Å²) in [5.41, 5.74) is 1.88. The SMILES string of the molecule is CCCN1CCC(C(=O)c2ccc(Cl)cc2)CC1.COc1cc(C)cc(OC)c1OC. The molecule has 1 aliphatic heterocycles. The first kappa shape index (κ1) is 25.0. The van der Waals surface area contributed by atoms with E-state index in [1.165, 1.54) is 6.42 Å². The maximum atomic E-state index is 12.3. The number of carbonyl (C=O) groups excluding carboxylic acids is 1. The van der Waals surface area contributed by atoms with Gasteiger partial charge in [0.1, 0.15) is 0 Å². The molecule has 0 unspecified atom stereocenters. The highest BCUT2D eigenvalue weighted by Gasteiger charge is 2.25.